The molecular weight excluding hydrogens is 276 g/mol. The number of aryl methyl sites for hydroxylation is 2. The van der Waals surface area contributed by atoms with E-state index in [0.717, 1.165) is 27.7 Å². The van der Waals surface area contributed by atoms with E-state index in [-0.39, 0.29) is 17.4 Å². The van der Waals surface area contributed by atoms with Gasteiger partial charge in [0.15, 0.2) is 0 Å². The van der Waals surface area contributed by atoms with Crippen molar-refractivity contribution in [2.24, 2.45) is 7.05 Å². The van der Waals surface area contributed by atoms with Crippen molar-refractivity contribution in [3.05, 3.63) is 81.5 Å². The van der Waals surface area contributed by atoms with Gasteiger partial charge < -0.3 is 4.57 Å². The Hall–Kier alpha value is -2.62. The maximum atomic E-state index is 11.1. The summed E-state index contributed by atoms with van der Waals surface area (Å²) in [5, 5.41) is 12.3. The quantitative estimate of drug-likeness (QED) is 0.541. The average Bonchev–Trinajstić information content (AvgIpc) is 2.83. The van der Waals surface area contributed by atoms with E-state index < -0.39 is 0 Å². The molecule has 0 aliphatic rings. The highest BCUT2D eigenvalue weighted by molar-refractivity contribution is 5.81. The van der Waals surface area contributed by atoms with Gasteiger partial charge in [-0.1, -0.05) is 48.0 Å². The fourth-order valence-corrected chi connectivity index (χ4v) is 2.96. The van der Waals surface area contributed by atoms with Crippen molar-refractivity contribution in [1.82, 2.24) is 4.57 Å². The van der Waals surface area contributed by atoms with Crippen LogP contribution in [0.25, 0.3) is 10.9 Å². The number of nitrogens with zero attached hydrogens (tertiary/aromatic N) is 2. The molecule has 0 amide bonds. The molecule has 4 heteroatoms. The number of benzene rings is 2. The highest BCUT2D eigenvalue weighted by Gasteiger charge is 2.23. The van der Waals surface area contributed by atoms with E-state index in [1.165, 1.54) is 0 Å². The largest absolute Gasteiger partial charge is 0.347 e. The first-order chi connectivity index (χ1) is 10.6. The zero-order valence-corrected chi connectivity index (χ0v) is 12.7. The Morgan fingerprint density at radius 1 is 1.14 bits per heavy atom. The molecule has 3 rings (SSSR count). The molecule has 4 nitrogen and oxygen atoms in total. The van der Waals surface area contributed by atoms with Gasteiger partial charge in [-0.25, -0.2) is 0 Å². The Morgan fingerprint density at radius 3 is 2.45 bits per heavy atom. The number of para-hydroxylation sites is 1. The Bertz CT molecular complexity index is 819. The van der Waals surface area contributed by atoms with Crippen LogP contribution in [0.3, 0.4) is 0 Å². The molecular formula is C18H18N2O2. The van der Waals surface area contributed by atoms with Gasteiger partial charge in [0, 0.05) is 23.2 Å². The first-order valence-corrected chi connectivity index (χ1v) is 7.29. The number of nitro groups is 1. The lowest BCUT2D eigenvalue weighted by atomic mass is 9.94. The molecule has 0 fully saturated rings. The highest BCUT2D eigenvalue weighted by atomic mass is 16.6. The molecule has 1 atom stereocenters. The second-order valence-electron chi connectivity index (χ2n) is 5.67. The zero-order chi connectivity index (χ0) is 15.7. The molecule has 0 aliphatic heterocycles. The van der Waals surface area contributed by atoms with Crippen molar-refractivity contribution < 1.29 is 4.92 Å². The summed E-state index contributed by atoms with van der Waals surface area (Å²) in [7, 11) is 1.97. The molecule has 1 heterocycles. The van der Waals surface area contributed by atoms with Gasteiger partial charge >= 0.3 is 0 Å². The Morgan fingerprint density at radius 2 is 1.82 bits per heavy atom. The van der Waals surface area contributed by atoms with Crippen LogP contribution in [-0.4, -0.2) is 16.0 Å². The molecule has 0 spiro atoms. The SMILES string of the molecule is Cc1ccc(C(C[N+](=O)[O-])c2cc3ccccc3n2C)cc1. The molecule has 1 unspecified atom stereocenters. The Labute approximate surface area is 129 Å². The van der Waals surface area contributed by atoms with Gasteiger partial charge in [-0.05, 0) is 30.0 Å². The summed E-state index contributed by atoms with van der Waals surface area (Å²) in [6, 6.07) is 18.1. The van der Waals surface area contributed by atoms with Crippen LogP contribution in [0.5, 0.6) is 0 Å². The van der Waals surface area contributed by atoms with Crippen molar-refractivity contribution in [3.63, 3.8) is 0 Å². The number of rotatable bonds is 4. The van der Waals surface area contributed by atoms with Gasteiger partial charge in [-0.15, -0.1) is 0 Å². The second-order valence-corrected chi connectivity index (χ2v) is 5.67. The normalized spacial score (nSPS) is 12.5. The van der Waals surface area contributed by atoms with E-state index in [1.54, 1.807) is 0 Å². The number of fused-ring (bicyclic) bond motifs is 1. The van der Waals surface area contributed by atoms with Crippen LogP contribution >= 0.6 is 0 Å². The first-order valence-electron chi connectivity index (χ1n) is 7.29. The van der Waals surface area contributed by atoms with Crippen LogP contribution in [0.15, 0.2) is 54.6 Å². The second kappa shape index (κ2) is 5.64. The summed E-state index contributed by atoms with van der Waals surface area (Å²) in [6.07, 6.45) is 0. The summed E-state index contributed by atoms with van der Waals surface area (Å²) >= 11 is 0. The lowest BCUT2D eigenvalue weighted by molar-refractivity contribution is -0.482. The van der Waals surface area contributed by atoms with E-state index in [4.69, 9.17) is 0 Å². The zero-order valence-electron chi connectivity index (χ0n) is 12.7. The molecule has 2 aromatic carbocycles. The number of aromatic nitrogens is 1. The van der Waals surface area contributed by atoms with Gasteiger partial charge in [0.2, 0.25) is 6.54 Å². The van der Waals surface area contributed by atoms with E-state index >= 15 is 0 Å². The lowest BCUT2D eigenvalue weighted by Gasteiger charge is -2.15. The summed E-state index contributed by atoms with van der Waals surface area (Å²) in [4.78, 5) is 10.9. The molecule has 0 saturated carbocycles. The van der Waals surface area contributed by atoms with Gasteiger partial charge in [-0.3, -0.25) is 10.1 Å². The van der Waals surface area contributed by atoms with Gasteiger partial charge in [0.25, 0.3) is 0 Å². The third-order valence-electron chi connectivity index (χ3n) is 4.16. The minimum Gasteiger partial charge on any atom is -0.347 e. The minimum absolute atomic E-state index is 0.104. The summed E-state index contributed by atoms with van der Waals surface area (Å²) in [5.41, 5.74) is 4.20. The van der Waals surface area contributed by atoms with Crippen molar-refractivity contribution >= 4 is 10.9 Å². The number of hydrogen-bond donors (Lipinski definition) is 0. The van der Waals surface area contributed by atoms with Crippen LogP contribution in [-0.2, 0) is 7.05 Å². The van der Waals surface area contributed by atoms with E-state index in [1.807, 2.05) is 62.5 Å². The van der Waals surface area contributed by atoms with Gasteiger partial charge in [0.1, 0.15) is 0 Å². The molecule has 0 N–H and O–H groups in total. The summed E-state index contributed by atoms with van der Waals surface area (Å²) < 4.78 is 2.06. The molecule has 0 bridgehead atoms. The third-order valence-corrected chi connectivity index (χ3v) is 4.16. The smallest absolute Gasteiger partial charge is 0.216 e. The predicted molar refractivity (Wildman–Crippen MR) is 87.8 cm³/mol. The van der Waals surface area contributed by atoms with Crippen molar-refractivity contribution in [1.29, 1.82) is 0 Å². The highest BCUT2D eigenvalue weighted by Crippen LogP contribution is 2.30. The maximum Gasteiger partial charge on any atom is 0.216 e. The van der Waals surface area contributed by atoms with Crippen molar-refractivity contribution in [3.8, 4) is 0 Å². The van der Waals surface area contributed by atoms with E-state index in [2.05, 4.69) is 10.6 Å². The Kier molecular flexibility index (Phi) is 3.67. The van der Waals surface area contributed by atoms with E-state index in [0.29, 0.717) is 0 Å². The molecule has 112 valence electrons. The lowest BCUT2D eigenvalue weighted by Crippen LogP contribution is -2.16. The summed E-state index contributed by atoms with van der Waals surface area (Å²) in [5.74, 6) is -0.243. The monoisotopic (exact) mass is 294 g/mol. The van der Waals surface area contributed by atoms with Crippen molar-refractivity contribution in [2.45, 2.75) is 12.8 Å². The van der Waals surface area contributed by atoms with Crippen LogP contribution < -0.4 is 0 Å². The van der Waals surface area contributed by atoms with E-state index in [9.17, 15) is 10.1 Å². The predicted octanol–water partition coefficient (Wildman–Crippen LogP) is 3.90. The molecule has 3 aromatic rings. The minimum atomic E-state index is -0.243. The summed E-state index contributed by atoms with van der Waals surface area (Å²) in [6.45, 7) is 1.91. The van der Waals surface area contributed by atoms with Gasteiger partial charge in [0.05, 0.1) is 5.92 Å². The van der Waals surface area contributed by atoms with Gasteiger partial charge in [-0.2, -0.15) is 0 Å². The molecule has 22 heavy (non-hydrogen) atoms. The molecule has 0 saturated heterocycles. The van der Waals surface area contributed by atoms with Crippen LogP contribution in [0.1, 0.15) is 22.7 Å². The third kappa shape index (κ3) is 2.60. The molecule has 1 aromatic heterocycles. The fraction of sp³-hybridized carbons (Fsp3) is 0.222. The molecule has 0 radical (unpaired) electrons. The van der Waals surface area contributed by atoms with Crippen molar-refractivity contribution in [2.75, 3.05) is 6.54 Å². The maximum absolute atomic E-state index is 11.1. The molecule has 0 aliphatic carbocycles. The van der Waals surface area contributed by atoms with Crippen LogP contribution in [0.4, 0.5) is 0 Å². The van der Waals surface area contributed by atoms with Crippen LogP contribution in [0, 0.1) is 17.0 Å². The Balaban J connectivity index is 2.13. The standard InChI is InChI=1S/C18H18N2O2/c1-13-7-9-14(10-8-13)16(12-20(21)22)18-11-15-5-3-4-6-17(15)19(18)2/h3-11,16H,12H2,1-2H3. The number of hydrogen-bond acceptors (Lipinski definition) is 2. The first kappa shape index (κ1) is 14.3. The fourth-order valence-electron chi connectivity index (χ4n) is 2.96. The average molecular weight is 294 g/mol. The topological polar surface area (TPSA) is 48.1 Å². The van der Waals surface area contributed by atoms with Crippen LogP contribution in [0.2, 0.25) is 0 Å².